The van der Waals surface area contributed by atoms with Crippen LogP contribution >= 0.6 is 0 Å². The molecule has 1 saturated carbocycles. The van der Waals surface area contributed by atoms with Gasteiger partial charge in [-0.15, -0.1) is 0 Å². The lowest BCUT2D eigenvalue weighted by Gasteiger charge is -2.20. The second kappa shape index (κ2) is 5.90. The summed E-state index contributed by atoms with van der Waals surface area (Å²) < 4.78 is 0. The van der Waals surface area contributed by atoms with Gasteiger partial charge >= 0.3 is 0 Å². The van der Waals surface area contributed by atoms with E-state index in [0.717, 1.165) is 12.8 Å². The number of hydrogen-bond donors (Lipinski definition) is 2. The molecule has 1 atom stereocenters. The fourth-order valence-electron chi connectivity index (χ4n) is 2.75. The second-order valence-electron chi connectivity index (χ2n) is 5.34. The summed E-state index contributed by atoms with van der Waals surface area (Å²) in [6, 6.07) is 4.07. The Kier molecular flexibility index (Phi) is 4.22. The molecule has 0 heterocycles. The molecule has 1 fully saturated rings. The van der Waals surface area contributed by atoms with Crippen LogP contribution in [0.4, 0.5) is 11.4 Å². The van der Waals surface area contributed by atoms with Crippen LogP contribution in [0.2, 0.25) is 0 Å². The molecule has 20 heavy (non-hydrogen) atoms. The average molecular weight is 277 g/mol. The number of nitrogen functional groups attached to an aromatic ring is 1. The van der Waals surface area contributed by atoms with E-state index in [1.807, 2.05) is 6.92 Å². The highest BCUT2D eigenvalue weighted by atomic mass is 16.6. The number of benzene rings is 1. The summed E-state index contributed by atoms with van der Waals surface area (Å²) >= 11 is 0. The number of nitrogens with two attached hydrogens (primary N) is 1. The van der Waals surface area contributed by atoms with Crippen molar-refractivity contribution < 1.29 is 9.72 Å². The molecule has 1 aromatic rings. The molecule has 1 aliphatic carbocycles. The first-order valence-corrected chi connectivity index (χ1v) is 6.84. The lowest BCUT2D eigenvalue weighted by molar-refractivity contribution is -0.385. The topological polar surface area (TPSA) is 98.3 Å². The van der Waals surface area contributed by atoms with Crippen LogP contribution in [0.25, 0.3) is 0 Å². The van der Waals surface area contributed by atoms with Crippen molar-refractivity contribution in [2.24, 2.45) is 5.92 Å². The number of hydrogen-bond acceptors (Lipinski definition) is 4. The van der Waals surface area contributed by atoms with Gasteiger partial charge in [0.05, 0.1) is 4.92 Å². The standard InChI is InChI=1S/C14H19N3O3/c1-9(10-4-2-3-5-10)16-14(18)12-8-11(15)6-7-13(12)17(19)20/h6-10H,2-5,15H2,1H3,(H,16,18). The van der Waals surface area contributed by atoms with Crippen LogP contribution in [0.1, 0.15) is 43.0 Å². The fraction of sp³-hybridized carbons (Fsp3) is 0.500. The summed E-state index contributed by atoms with van der Waals surface area (Å²) in [4.78, 5) is 22.6. The van der Waals surface area contributed by atoms with Gasteiger partial charge in [0.2, 0.25) is 0 Å². The Hall–Kier alpha value is -2.11. The van der Waals surface area contributed by atoms with Crippen LogP contribution in [0.3, 0.4) is 0 Å². The lowest BCUT2D eigenvalue weighted by atomic mass is 9.99. The van der Waals surface area contributed by atoms with E-state index in [-0.39, 0.29) is 17.3 Å². The number of nitro benzene ring substituents is 1. The molecule has 2 rings (SSSR count). The molecule has 1 aromatic carbocycles. The van der Waals surface area contributed by atoms with Gasteiger partial charge in [-0.05, 0) is 37.8 Å². The molecule has 1 aliphatic rings. The third-order valence-corrected chi connectivity index (χ3v) is 3.93. The van der Waals surface area contributed by atoms with Gasteiger partial charge in [-0.1, -0.05) is 12.8 Å². The van der Waals surface area contributed by atoms with Crippen LogP contribution in [0.15, 0.2) is 18.2 Å². The van der Waals surface area contributed by atoms with Crippen LogP contribution in [-0.2, 0) is 0 Å². The maximum atomic E-state index is 12.2. The lowest BCUT2D eigenvalue weighted by Crippen LogP contribution is -2.37. The number of nitro groups is 1. The fourth-order valence-corrected chi connectivity index (χ4v) is 2.75. The average Bonchev–Trinajstić information content (AvgIpc) is 2.92. The molecule has 0 aliphatic heterocycles. The van der Waals surface area contributed by atoms with E-state index >= 15 is 0 Å². The molecular formula is C14H19N3O3. The van der Waals surface area contributed by atoms with Gasteiger partial charge in [0.15, 0.2) is 0 Å². The number of amides is 1. The van der Waals surface area contributed by atoms with E-state index in [1.165, 1.54) is 31.0 Å². The molecule has 6 heteroatoms. The molecular weight excluding hydrogens is 258 g/mol. The minimum absolute atomic E-state index is 0.0195. The first-order chi connectivity index (χ1) is 9.49. The molecule has 0 bridgehead atoms. The number of rotatable bonds is 4. The molecule has 0 spiro atoms. The maximum Gasteiger partial charge on any atom is 0.282 e. The van der Waals surface area contributed by atoms with Gasteiger partial charge in [0.25, 0.3) is 11.6 Å². The van der Waals surface area contributed by atoms with E-state index in [0.29, 0.717) is 11.6 Å². The summed E-state index contributed by atoms with van der Waals surface area (Å²) in [6.45, 7) is 1.95. The zero-order valence-corrected chi connectivity index (χ0v) is 11.5. The molecule has 0 saturated heterocycles. The zero-order valence-electron chi connectivity index (χ0n) is 11.5. The van der Waals surface area contributed by atoms with Gasteiger partial charge in [-0.2, -0.15) is 0 Å². The van der Waals surface area contributed by atoms with E-state index in [4.69, 9.17) is 5.73 Å². The van der Waals surface area contributed by atoms with Gasteiger partial charge < -0.3 is 11.1 Å². The Morgan fingerprint density at radius 1 is 1.45 bits per heavy atom. The number of carbonyl (C=O) groups excluding carboxylic acids is 1. The van der Waals surface area contributed by atoms with Gasteiger partial charge in [0.1, 0.15) is 5.56 Å². The number of anilines is 1. The smallest absolute Gasteiger partial charge is 0.282 e. The van der Waals surface area contributed by atoms with Crippen LogP contribution in [-0.4, -0.2) is 16.9 Å². The summed E-state index contributed by atoms with van der Waals surface area (Å²) in [6.07, 6.45) is 4.56. The normalized spacial score (nSPS) is 16.9. The zero-order chi connectivity index (χ0) is 14.7. The van der Waals surface area contributed by atoms with Gasteiger partial charge in [-0.25, -0.2) is 0 Å². The third kappa shape index (κ3) is 3.07. The van der Waals surface area contributed by atoms with Crippen molar-refractivity contribution in [3.8, 4) is 0 Å². The molecule has 3 N–H and O–H groups in total. The van der Waals surface area contributed by atoms with Gasteiger partial charge in [0, 0.05) is 17.8 Å². The minimum atomic E-state index is -0.561. The highest BCUT2D eigenvalue weighted by Gasteiger charge is 2.26. The molecule has 0 aromatic heterocycles. The first-order valence-electron chi connectivity index (χ1n) is 6.84. The molecule has 1 amide bonds. The van der Waals surface area contributed by atoms with Crippen molar-refractivity contribution in [1.29, 1.82) is 0 Å². The summed E-state index contributed by atoms with van der Waals surface area (Å²) in [5.41, 5.74) is 5.77. The van der Waals surface area contributed by atoms with Crippen LogP contribution in [0.5, 0.6) is 0 Å². The van der Waals surface area contributed by atoms with E-state index in [9.17, 15) is 14.9 Å². The SMILES string of the molecule is CC(NC(=O)c1cc(N)ccc1[N+](=O)[O-])C1CCCC1. The predicted octanol–water partition coefficient (Wildman–Crippen LogP) is 2.49. The highest BCUT2D eigenvalue weighted by molar-refractivity contribution is 5.99. The van der Waals surface area contributed by atoms with Crippen molar-refractivity contribution in [2.75, 3.05) is 5.73 Å². The molecule has 108 valence electrons. The van der Waals surface area contributed by atoms with E-state index in [2.05, 4.69) is 5.32 Å². The molecule has 0 radical (unpaired) electrons. The summed E-state index contributed by atoms with van der Waals surface area (Å²) in [5.74, 6) is 0.0301. The minimum Gasteiger partial charge on any atom is -0.399 e. The Morgan fingerprint density at radius 2 is 2.10 bits per heavy atom. The number of nitrogens with zero attached hydrogens (tertiary/aromatic N) is 1. The Balaban J connectivity index is 2.15. The maximum absolute atomic E-state index is 12.2. The van der Waals surface area contributed by atoms with Gasteiger partial charge in [-0.3, -0.25) is 14.9 Å². The predicted molar refractivity (Wildman–Crippen MR) is 76.4 cm³/mol. The summed E-state index contributed by atoms with van der Waals surface area (Å²) in [7, 11) is 0. The van der Waals surface area contributed by atoms with Crippen LogP contribution in [0, 0.1) is 16.0 Å². The van der Waals surface area contributed by atoms with E-state index < -0.39 is 10.8 Å². The van der Waals surface area contributed by atoms with Crippen molar-refractivity contribution in [1.82, 2.24) is 5.32 Å². The van der Waals surface area contributed by atoms with Crippen molar-refractivity contribution in [2.45, 2.75) is 38.6 Å². The Labute approximate surface area is 117 Å². The molecule has 6 nitrogen and oxygen atoms in total. The van der Waals surface area contributed by atoms with E-state index in [1.54, 1.807) is 0 Å². The number of carbonyl (C=O) groups is 1. The first kappa shape index (κ1) is 14.3. The largest absolute Gasteiger partial charge is 0.399 e. The third-order valence-electron chi connectivity index (χ3n) is 3.93. The Bertz CT molecular complexity index is 524. The Morgan fingerprint density at radius 3 is 2.70 bits per heavy atom. The quantitative estimate of drug-likeness (QED) is 0.501. The second-order valence-corrected chi connectivity index (χ2v) is 5.34. The van der Waals surface area contributed by atoms with Crippen molar-refractivity contribution in [3.05, 3.63) is 33.9 Å². The summed E-state index contributed by atoms with van der Waals surface area (Å²) in [5, 5.41) is 13.8. The van der Waals surface area contributed by atoms with Crippen LogP contribution < -0.4 is 11.1 Å². The van der Waals surface area contributed by atoms with Crippen molar-refractivity contribution in [3.63, 3.8) is 0 Å². The molecule has 1 unspecified atom stereocenters. The monoisotopic (exact) mass is 277 g/mol. The number of nitrogens with one attached hydrogen (secondary N) is 1. The highest BCUT2D eigenvalue weighted by Crippen LogP contribution is 2.28. The van der Waals surface area contributed by atoms with Crippen molar-refractivity contribution >= 4 is 17.3 Å².